The summed E-state index contributed by atoms with van der Waals surface area (Å²) in [6, 6.07) is 21.3. The van der Waals surface area contributed by atoms with Gasteiger partial charge in [0.05, 0.1) is 17.8 Å². The molecule has 2 amide bonds. The molecule has 0 radical (unpaired) electrons. The van der Waals surface area contributed by atoms with Crippen molar-refractivity contribution in [3.63, 3.8) is 0 Å². The van der Waals surface area contributed by atoms with E-state index in [4.69, 9.17) is 11.6 Å². The van der Waals surface area contributed by atoms with Crippen molar-refractivity contribution in [2.24, 2.45) is 5.92 Å². The minimum atomic E-state index is -0.577. The molecule has 8 nitrogen and oxygen atoms in total. The maximum Gasteiger partial charge on any atom is 0.255 e. The molecule has 10 heteroatoms. The van der Waals surface area contributed by atoms with Crippen molar-refractivity contribution in [3.05, 3.63) is 122 Å². The lowest BCUT2D eigenvalue weighted by Crippen LogP contribution is -2.47. The summed E-state index contributed by atoms with van der Waals surface area (Å²) in [5, 5.41) is 5.87. The van der Waals surface area contributed by atoms with E-state index in [9.17, 15) is 23.6 Å². The number of pyridine rings is 1. The summed E-state index contributed by atoms with van der Waals surface area (Å²) >= 11 is 6.18. The van der Waals surface area contributed by atoms with Gasteiger partial charge in [-0.3, -0.25) is 19.2 Å². The van der Waals surface area contributed by atoms with Crippen LogP contribution in [0.1, 0.15) is 51.2 Å². The van der Waals surface area contributed by atoms with Crippen LogP contribution in [-0.2, 0) is 17.8 Å². The number of fused-ring (bicyclic) bond motifs is 4. The third-order valence-electron chi connectivity index (χ3n) is 8.28. The zero-order valence-electron chi connectivity index (χ0n) is 24.0. The normalized spacial score (nSPS) is 17.0. The van der Waals surface area contributed by atoms with Crippen molar-refractivity contribution in [1.82, 2.24) is 4.57 Å². The van der Waals surface area contributed by atoms with Gasteiger partial charge >= 0.3 is 0 Å². The lowest BCUT2D eigenvalue weighted by molar-refractivity contribution is -0.115. The zero-order valence-corrected chi connectivity index (χ0v) is 24.7. The van der Waals surface area contributed by atoms with Crippen LogP contribution in [0.4, 0.5) is 21.5 Å². The van der Waals surface area contributed by atoms with Gasteiger partial charge in [0.2, 0.25) is 5.91 Å². The van der Waals surface area contributed by atoms with Crippen LogP contribution in [0, 0.1) is 11.7 Å². The van der Waals surface area contributed by atoms with Crippen molar-refractivity contribution >= 4 is 46.3 Å². The Morgan fingerprint density at radius 1 is 0.909 bits per heavy atom. The fraction of sp³-hybridized carbons (Fsp3) is 0.235. The number of ketones is 1. The van der Waals surface area contributed by atoms with Gasteiger partial charge in [-0.1, -0.05) is 35.9 Å². The molecule has 1 saturated heterocycles. The molecule has 2 atom stereocenters. The number of hydrogen-bond donors (Lipinski definition) is 2. The Balaban J connectivity index is 1.31. The van der Waals surface area contributed by atoms with E-state index in [1.807, 2.05) is 10.6 Å². The van der Waals surface area contributed by atoms with Crippen LogP contribution in [0.25, 0.3) is 0 Å². The Morgan fingerprint density at radius 2 is 1.70 bits per heavy atom. The van der Waals surface area contributed by atoms with Crippen LogP contribution in [-0.4, -0.2) is 35.3 Å². The van der Waals surface area contributed by atoms with Gasteiger partial charge in [-0.15, -0.1) is 0 Å². The minimum absolute atomic E-state index is 0.00499. The maximum absolute atomic E-state index is 14.5. The Kier molecular flexibility index (Phi) is 8.05. The number of hydrogen-bond acceptors (Lipinski definition) is 5. The first kappa shape index (κ1) is 29.3. The second kappa shape index (κ2) is 12.1. The highest BCUT2D eigenvalue weighted by molar-refractivity contribution is 6.31. The monoisotopic (exact) mass is 612 g/mol. The highest BCUT2D eigenvalue weighted by atomic mass is 35.5. The molecule has 0 saturated carbocycles. The molecule has 44 heavy (non-hydrogen) atoms. The first-order valence-corrected chi connectivity index (χ1v) is 14.8. The number of benzene rings is 3. The zero-order chi connectivity index (χ0) is 31.0. The summed E-state index contributed by atoms with van der Waals surface area (Å²) in [5.41, 5.74) is 3.41. The number of carbonyl (C=O) groups excluding carboxylic acids is 3. The third-order valence-corrected chi connectivity index (χ3v) is 8.63. The van der Waals surface area contributed by atoms with Crippen LogP contribution in [0.15, 0.2) is 83.7 Å². The van der Waals surface area contributed by atoms with Gasteiger partial charge in [-0.05, 0) is 67.8 Å². The molecule has 2 bridgehead atoms. The molecule has 2 aliphatic heterocycles. The predicted octanol–water partition coefficient (Wildman–Crippen LogP) is 5.90. The quantitative estimate of drug-likeness (QED) is 0.253. The molecule has 3 heterocycles. The van der Waals surface area contributed by atoms with Gasteiger partial charge < -0.3 is 20.1 Å². The average Bonchev–Trinajstić information content (AvgIpc) is 2.99. The van der Waals surface area contributed by atoms with Gasteiger partial charge in [0.25, 0.3) is 11.5 Å². The smallest absolute Gasteiger partial charge is 0.255 e. The van der Waals surface area contributed by atoms with E-state index in [-0.39, 0.29) is 45.7 Å². The van der Waals surface area contributed by atoms with Crippen molar-refractivity contribution in [2.45, 2.75) is 32.2 Å². The Morgan fingerprint density at radius 3 is 2.50 bits per heavy atom. The molecule has 1 aromatic heterocycles. The fourth-order valence-corrected chi connectivity index (χ4v) is 6.45. The van der Waals surface area contributed by atoms with Gasteiger partial charge in [0.15, 0.2) is 5.78 Å². The summed E-state index contributed by atoms with van der Waals surface area (Å²) in [6.45, 7) is 3.33. The van der Waals surface area contributed by atoms with Crippen molar-refractivity contribution < 1.29 is 18.8 Å². The topological polar surface area (TPSA) is 101 Å². The maximum atomic E-state index is 14.5. The Bertz CT molecular complexity index is 1840. The van der Waals surface area contributed by atoms with Gasteiger partial charge in [-0.2, -0.15) is 0 Å². The van der Waals surface area contributed by atoms with Crippen LogP contribution < -0.4 is 21.1 Å². The van der Waals surface area contributed by atoms with Gasteiger partial charge in [-0.25, -0.2) is 4.39 Å². The molecule has 3 aromatic carbocycles. The molecule has 4 aromatic rings. The van der Waals surface area contributed by atoms with Crippen LogP contribution in [0.3, 0.4) is 0 Å². The second-order valence-electron chi connectivity index (χ2n) is 11.4. The molecule has 2 unspecified atom stereocenters. The van der Waals surface area contributed by atoms with Crippen LogP contribution in [0.2, 0.25) is 5.02 Å². The number of carbonyl (C=O) groups is 3. The van der Waals surface area contributed by atoms with Crippen LogP contribution >= 0.6 is 11.6 Å². The standard InChI is InChI=1S/C34H30ClFN4O4/c1-20(41)22-5-2-6-25(14-22)37-34(44)23-11-12-31(29(15-23)38-32(42)16-26-27(35)7-3-8-28(26)36)39-17-21-13-24(19-39)30-9-4-10-33(43)40(30)18-21/h2-12,14-15,21,24H,13,16-19H2,1H3,(H,37,44)(H,38,42). The van der Waals surface area contributed by atoms with E-state index >= 15 is 0 Å². The van der Waals surface area contributed by atoms with E-state index in [2.05, 4.69) is 15.5 Å². The van der Waals surface area contributed by atoms with Crippen molar-refractivity contribution in [3.8, 4) is 0 Å². The number of nitrogens with zero attached hydrogens (tertiary/aromatic N) is 2. The first-order valence-electron chi connectivity index (χ1n) is 14.4. The van der Waals surface area contributed by atoms with E-state index in [1.165, 1.54) is 25.1 Å². The SMILES string of the molecule is CC(=O)c1cccc(NC(=O)c2ccc(N3CC4CC(C3)c3cccc(=O)n3C4)c(NC(=O)Cc3c(F)cccc3Cl)c2)c1. The summed E-state index contributed by atoms with van der Waals surface area (Å²) in [5.74, 6) is -1.27. The number of nitrogens with one attached hydrogen (secondary N) is 2. The number of aromatic nitrogens is 1. The number of halogens is 2. The lowest BCUT2D eigenvalue weighted by atomic mass is 9.83. The van der Waals surface area contributed by atoms with E-state index in [0.29, 0.717) is 36.6 Å². The second-order valence-corrected chi connectivity index (χ2v) is 11.8. The Labute approximate surface area is 258 Å². The van der Waals surface area contributed by atoms with E-state index < -0.39 is 17.6 Å². The van der Waals surface area contributed by atoms with Crippen molar-refractivity contribution in [1.29, 1.82) is 0 Å². The molecule has 2 aliphatic rings. The number of rotatable bonds is 7. The molecule has 2 N–H and O–H groups in total. The third kappa shape index (κ3) is 6.01. The van der Waals surface area contributed by atoms with E-state index in [1.54, 1.807) is 54.6 Å². The number of Topliss-reactive ketones (excluding diaryl/α,β-unsaturated/α-hetero) is 1. The predicted molar refractivity (Wildman–Crippen MR) is 168 cm³/mol. The molecular weight excluding hydrogens is 583 g/mol. The molecule has 0 aliphatic carbocycles. The summed E-state index contributed by atoms with van der Waals surface area (Å²) in [6.07, 6.45) is 0.661. The van der Waals surface area contributed by atoms with Crippen molar-refractivity contribution in [2.75, 3.05) is 28.6 Å². The molecule has 224 valence electrons. The molecule has 0 spiro atoms. The lowest BCUT2D eigenvalue weighted by Gasteiger charge is -2.44. The summed E-state index contributed by atoms with van der Waals surface area (Å²) in [4.78, 5) is 53.1. The summed E-state index contributed by atoms with van der Waals surface area (Å²) < 4.78 is 16.3. The first-order chi connectivity index (χ1) is 21.2. The van der Waals surface area contributed by atoms with Crippen LogP contribution in [0.5, 0.6) is 0 Å². The average molecular weight is 613 g/mol. The Hall–Kier alpha value is -4.76. The number of amides is 2. The molecular formula is C34H30ClFN4O4. The van der Waals surface area contributed by atoms with Gasteiger partial charge in [0.1, 0.15) is 5.82 Å². The molecule has 1 fully saturated rings. The highest BCUT2D eigenvalue weighted by Crippen LogP contribution is 2.39. The molecule has 6 rings (SSSR count). The minimum Gasteiger partial charge on any atom is -0.369 e. The largest absolute Gasteiger partial charge is 0.369 e. The fourth-order valence-electron chi connectivity index (χ4n) is 6.22. The number of piperidine rings is 1. The highest BCUT2D eigenvalue weighted by Gasteiger charge is 2.35. The van der Waals surface area contributed by atoms with E-state index in [0.717, 1.165) is 17.8 Å². The number of anilines is 3. The van der Waals surface area contributed by atoms with Gasteiger partial charge in [0, 0.05) is 64.7 Å². The summed E-state index contributed by atoms with van der Waals surface area (Å²) in [7, 11) is 0.